The van der Waals surface area contributed by atoms with Gasteiger partial charge in [-0.05, 0) is 20.8 Å². The summed E-state index contributed by atoms with van der Waals surface area (Å²) in [5.41, 5.74) is 0.775. The number of hydrogen-bond acceptors (Lipinski definition) is 1. The summed E-state index contributed by atoms with van der Waals surface area (Å²) >= 11 is 0. The van der Waals surface area contributed by atoms with Crippen molar-refractivity contribution in [3.63, 3.8) is 0 Å². The highest BCUT2D eigenvalue weighted by molar-refractivity contribution is 5.93. The van der Waals surface area contributed by atoms with Gasteiger partial charge < -0.3 is 0 Å². The van der Waals surface area contributed by atoms with Gasteiger partial charge in [0.1, 0.15) is 0 Å². The molecule has 1 aromatic carbocycles. The van der Waals surface area contributed by atoms with Crippen molar-refractivity contribution in [1.29, 1.82) is 0 Å². The summed E-state index contributed by atoms with van der Waals surface area (Å²) in [6.45, 7) is 5.56. The van der Waals surface area contributed by atoms with Gasteiger partial charge in [0.15, 0.2) is 5.78 Å². The van der Waals surface area contributed by atoms with Gasteiger partial charge in [0.2, 0.25) is 0 Å². The van der Waals surface area contributed by atoms with E-state index in [9.17, 15) is 4.79 Å². The van der Waals surface area contributed by atoms with Crippen LogP contribution in [0.2, 0.25) is 0 Å². The lowest BCUT2D eigenvalue weighted by atomic mass is 10.2. The van der Waals surface area contributed by atoms with E-state index in [1.165, 1.54) is 0 Å². The van der Waals surface area contributed by atoms with E-state index in [-0.39, 0.29) is 5.78 Å². The lowest BCUT2D eigenvalue weighted by Gasteiger charge is -1.89. The van der Waals surface area contributed by atoms with Crippen molar-refractivity contribution in [2.75, 3.05) is 0 Å². The summed E-state index contributed by atoms with van der Waals surface area (Å²) in [6.07, 6.45) is 4.00. The zero-order valence-corrected chi connectivity index (χ0v) is 8.45. The number of carbonyl (C=O) groups is 1. The molecule has 0 bridgehead atoms. The number of hydrogen-bond donors (Lipinski definition) is 0. The molecule has 0 saturated carbocycles. The fourth-order valence-corrected chi connectivity index (χ4v) is 0.673. The fraction of sp³-hybridized carbons (Fsp3) is 0.250. The molecule has 0 heterocycles. The molecule has 70 valence electrons. The van der Waals surface area contributed by atoms with E-state index in [4.69, 9.17) is 0 Å². The third-order valence-corrected chi connectivity index (χ3v) is 1.51. The molecule has 0 radical (unpaired) electrons. The fourth-order valence-electron chi connectivity index (χ4n) is 0.673. The Hall–Kier alpha value is -1.37. The molecule has 0 saturated heterocycles. The Labute approximate surface area is 80.1 Å². The zero-order valence-electron chi connectivity index (χ0n) is 8.45. The topological polar surface area (TPSA) is 17.1 Å². The number of rotatable bonds is 1. The molecular weight excluding hydrogens is 160 g/mol. The third kappa shape index (κ3) is 5.85. The van der Waals surface area contributed by atoms with Crippen molar-refractivity contribution >= 4 is 5.78 Å². The SMILES string of the molecule is C/C=C/C.CC(=O)c1ccccc1. The maximum absolute atomic E-state index is 10.6. The molecule has 0 fully saturated rings. The largest absolute Gasteiger partial charge is 0.295 e. The molecule has 0 unspecified atom stereocenters. The summed E-state index contributed by atoms with van der Waals surface area (Å²) in [4.78, 5) is 10.6. The van der Waals surface area contributed by atoms with E-state index in [1.807, 2.05) is 56.3 Å². The monoisotopic (exact) mass is 176 g/mol. The lowest BCUT2D eigenvalue weighted by Crippen LogP contribution is -1.88. The van der Waals surface area contributed by atoms with Crippen LogP contribution >= 0.6 is 0 Å². The lowest BCUT2D eigenvalue weighted by molar-refractivity contribution is 0.101. The van der Waals surface area contributed by atoms with Crippen molar-refractivity contribution in [1.82, 2.24) is 0 Å². The molecule has 1 rings (SSSR count). The predicted molar refractivity (Wildman–Crippen MR) is 56.9 cm³/mol. The molecule has 0 aliphatic heterocycles. The van der Waals surface area contributed by atoms with E-state index in [2.05, 4.69) is 0 Å². The van der Waals surface area contributed by atoms with Crippen molar-refractivity contribution in [3.05, 3.63) is 48.0 Å². The second-order valence-electron chi connectivity index (χ2n) is 2.59. The van der Waals surface area contributed by atoms with Gasteiger partial charge in [0, 0.05) is 5.56 Å². The van der Waals surface area contributed by atoms with Crippen LogP contribution in [0.5, 0.6) is 0 Å². The predicted octanol–water partition coefficient (Wildman–Crippen LogP) is 3.47. The van der Waals surface area contributed by atoms with Crippen LogP contribution in [0, 0.1) is 0 Å². The molecule has 0 spiro atoms. The number of carbonyl (C=O) groups excluding carboxylic acids is 1. The molecule has 0 atom stereocenters. The van der Waals surface area contributed by atoms with Gasteiger partial charge in [-0.1, -0.05) is 42.5 Å². The van der Waals surface area contributed by atoms with Crippen LogP contribution in [0.1, 0.15) is 31.1 Å². The van der Waals surface area contributed by atoms with Crippen LogP contribution in [0.25, 0.3) is 0 Å². The Balaban J connectivity index is 0.000000310. The molecular formula is C12H16O. The number of benzene rings is 1. The van der Waals surface area contributed by atoms with Crippen LogP contribution in [0.4, 0.5) is 0 Å². The van der Waals surface area contributed by atoms with Crippen LogP contribution in [-0.2, 0) is 0 Å². The minimum absolute atomic E-state index is 0.121. The van der Waals surface area contributed by atoms with Gasteiger partial charge in [0.25, 0.3) is 0 Å². The van der Waals surface area contributed by atoms with E-state index in [1.54, 1.807) is 6.92 Å². The molecule has 0 amide bonds. The summed E-state index contributed by atoms with van der Waals surface area (Å²) in [5, 5.41) is 0. The maximum Gasteiger partial charge on any atom is 0.159 e. The average molecular weight is 176 g/mol. The van der Waals surface area contributed by atoms with E-state index >= 15 is 0 Å². The molecule has 1 aromatic rings. The Morgan fingerprint density at radius 2 is 1.54 bits per heavy atom. The first kappa shape index (κ1) is 11.6. The standard InChI is InChI=1S/C8H8O.C4H8/c1-7(9)8-5-3-2-4-6-8;1-3-4-2/h2-6H,1H3;3-4H,1-2H3/b;4-3+. The Kier molecular flexibility index (Phi) is 6.52. The summed E-state index contributed by atoms with van der Waals surface area (Å²) in [6, 6.07) is 9.23. The van der Waals surface area contributed by atoms with Crippen molar-refractivity contribution in [2.45, 2.75) is 20.8 Å². The van der Waals surface area contributed by atoms with Crippen LogP contribution in [0.15, 0.2) is 42.5 Å². The summed E-state index contributed by atoms with van der Waals surface area (Å²) < 4.78 is 0. The van der Waals surface area contributed by atoms with Gasteiger partial charge in [-0.3, -0.25) is 4.79 Å². The van der Waals surface area contributed by atoms with Gasteiger partial charge in [-0.25, -0.2) is 0 Å². The highest BCUT2D eigenvalue weighted by Gasteiger charge is 1.92. The zero-order chi connectivity index (χ0) is 10.1. The van der Waals surface area contributed by atoms with Crippen molar-refractivity contribution < 1.29 is 4.79 Å². The minimum Gasteiger partial charge on any atom is -0.295 e. The average Bonchev–Trinajstić information content (AvgIpc) is 2.19. The van der Waals surface area contributed by atoms with E-state index in [0.29, 0.717) is 0 Å². The normalized spacial score (nSPS) is 9.15. The molecule has 0 aromatic heterocycles. The Bertz CT molecular complexity index is 256. The number of allylic oxidation sites excluding steroid dienone is 2. The summed E-state index contributed by atoms with van der Waals surface area (Å²) in [5.74, 6) is 0.121. The first-order valence-electron chi connectivity index (χ1n) is 4.35. The van der Waals surface area contributed by atoms with E-state index < -0.39 is 0 Å². The van der Waals surface area contributed by atoms with Crippen LogP contribution in [-0.4, -0.2) is 5.78 Å². The number of ketones is 1. The first-order valence-corrected chi connectivity index (χ1v) is 4.35. The second kappa shape index (κ2) is 7.29. The number of Topliss-reactive ketones (excluding diaryl/α,β-unsaturated/α-hetero) is 1. The van der Waals surface area contributed by atoms with Crippen LogP contribution in [0.3, 0.4) is 0 Å². The molecule has 0 aliphatic rings. The molecule has 0 aliphatic carbocycles. The molecule has 1 heteroatoms. The highest BCUT2D eigenvalue weighted by atomic mass is 16.1. The van der Waals surface area contributed by atoms with Gasteiger partial charge in [0.05, 0.1) is 0 Å². The smallest absolute Gasteiger partial charge is 0.159 e. The van der Waals surface area contributed by atoms with Gasteiger partial charge >= 0.3 is 0 Å². The quantitative estimate of drug-likeness (QED) is 0.473. The first-order chi connectivity index (χ1) is 6.22. The molecule has 0 N–H and O–H groups in total. The third-order valence-electron chi connectivity index (χ3n) is 1.51. The van der Waals surface area contributed by atoms with E-state index in [0.717, 1.165) is 5.56 Å². The maximum atomic E-state index is 10.6. The molecule has 1 nitrogen and oxygen atoms in total. The van der Waals surface area contributed by atoms with Gasteiger partial charge in [-0.15, -0.1) is 0 Å². The summed E-state index contributed by atoms with van der Waals surface area (Å²) in [7, 11) is 0. The van der Waals surface area contributed by atoms with Crippen molar-refractivity contribution in [2.24, 2.45) is 0 Å². The Morgan fingerprint density at radius 3 is 1.77 bits per heavy atom. The second-order valence-corrected chi connectivity index (χ2v) is 2.59. The Morgan fingerprint density at radius 1 is 1.08 bits per heavy atom. The molecule has 13 heavy (non-hydrogen) atoms. The van der Waals surface area contributed by atoms with Crippen LogP contribution < -0.4 is 0 Å². The minimum atomic E-state index is 0.121. The van der Waals surface area contributed by atoms with Gasteiger partial charge in [-0.2, -0.15) is 0 Å². The van der Waals surface area contributed by atoms with Crippen molar-refractivity contribution in [3.8, 4) is 0 Å². The highest BCUT2D eigenvalue weighted by Crippen LogP contribution is 1.97.